The zero-order chi connectivity index (χ0) is 17.3. The molecule has 0 radical (unpaired) electrons. The molecule has 6 nitrogen and oxygen atoms in total. The van der Waals surface area contributed by atoms with Gasteiger partial charge in [0.05, 0.1) is 23.0 Å². The van der Waals surface area contributed by atoms with Gasteiger partial charge in [-0.25, -0.2) is 4.79 Å². The third-order valence-corrected chi connectivity index (χ3v) is 4.72. The van der Waals surface area contributed by atoms with Crippen molar-refractivity contribution in [3.05, 3.63) is 46.9 Å². The number of hydrogen-bond donors (Lipinski definition) is 1. The maximum absolute atomic E-state index is 12.3. The second-order valence-electron chi connectivity index (χ2n) is 5.54. The molecule has 0 bridgehead atoms. The van der Waals surface area contributed by atoms with Crippen molar-refractivity contribution in [2.45, 2.75) is 26.5 Å². The number of aryl methyl sites for hydroxylation is 2. The van der Waals surface area contributed by atoms with Crippen molar-refractivity contribution in [1.82, 2.24) is 9.88 Å². The van der Waals surface area contributed by atoms with E-state index in [2.05, 4.69) is 5.32 Å². The Morgan fingerprint density at radius 1 is 1.42 bits per heavy atom. The van der Waals surface area contributed by atoms with Gasteiger partial charge in [0.25, 0.3) is 5.91 Å². The Morgan fingerprint density at radius 2 is 2.21 bits per heavy atom. The molecule has 1 amide bonds. The van der Waals surface area contributed by atoms with E-state index in [1.54, 1.807) is 41.0 Å². The van der Waals surface area contributed by atoms with Crippen molar-refractivity contribution >= 4 is 33.4 Å². The number of thiophene rings is 1. The highest BCUT2D eigenvalue weighted by Crippen LogP contribution is 2.28. The molecule has 24 heavy (non-hydrogen) atoms. The molecule has 0 aliphatic heterocycles. The number of nitrogens with zero attached hydrogens (tertiary/aromatic N) is 1. The Balaban J connectivity index is 1.63. The lowest BCUT2D eigenvalue weighted by atomic mass is 10.3. The highest BCUT2D eigenvalue weighted by molar-refractivity contribution is 7.19. The van der Waals surface area contributed by atoms with Crippen molar-refractivity contribution in [2.24, 2.45) is 7.05 Å². The molecular formula is C17H18N2O4S. The van der Waals surface area contributed by atoms with E-state index in [0.717, 1.165) is 10.2 Å². The van der Waals surface area contributed by atoms with Crippen molar-refractivity contribution in [3.63, 3.8) is 0 Å². The van der Waals surface area contributed by atoms with Crippen molar-refractivity contribution in [1.29, 1.82) is 0 Å². The minimum atomic E-state index is -0.887. The molecule has 126 valence electrons. The Labute approximate surface area is 143 Å². The summed E-state index contributed by atoms with van der Waals surface area (Å²) in [5.74, 6) is -0.245. The van der Waals surface area contributed by atoms with Crippen LogP contribution in [0.4, 0.5) is 0 Å². The van der Waals surface area contributed by atoms with Gasteiger partial charge in [0.15, 0.2) is 6.10 Å². The summed E-state index contributed by atoms with van der Waals surface area (Å²) in [6.45, 7) is 3.83. The summed E-state index contributed by atoms with van der Waals surface area (Å²) >= 11 is 1.62. The number of nitrogens with one attached hydrogen (secondary N) is 1. The number of rotatable bonds is 5. The summed E-state index contributed by atoms with van der Waals surface area (Å²) in [6, 6.07) is 7.32. The van der Waals surface area contributed by atoms with Gasteiger partial charge in [0.2, 0.25) is 0 Å². The summed E-state index contributed by atoms with van der Waals surface area (Å²) in [5.41, 5.74) is 1.42. The van der Waals surface area contributed by atoms with E-state index in [0.29, 0.717) is 11.5 Å². The first kappa shape index (κ1) is 16.3. The van der Waals surface area contributed by atoms with Gasteiger partial charge in [-0.3, -0.25) is 4.79 Å². The maximum atomic E-state index is 12.3. The third kappa shape index (κ3) is 3.21. The van der Waals surface area contributed by atoms with Crippen LogP contribution in [-0.2, 0) is 23.1 Å². The molecule has 0 aliphatic carbocycles. The largest absolute Gasteiger partial charge is 0.467 e. The summed E-state index contributed by atoms with van der Waals surface area (Å²) < 4.78 is 13.2. The zero-order valence-corrected chi connectivity index (χ0v) is 14.5. The zero-order valence-electron chi connectivity index (χ0n) is 13.7. The van der Waals surface area contributed by atoms with E-state index >= 15 is 0 Å². The number of furan rings is 1. The van der Waals surface area contributed by atoms with Crippen LogP contribution in [0.1, 0.15) is 28.0 Å². The van der Waals surface area contributed by atoms with E-state index in [1.807, 2.05) is 20.0 Å². The SMILES string of the molecule is Cc1cc2c(cc(C(=O)OC(C)C(=O)NCc3ccco3)n2C)s1. The lowest BCUT2D eigenvalue weighted by Crippen LogP contribution is -2.35. The van der Waals surface area contributed by atoms with Crippen LogP contribution in [0, 0.1) is 6.92 Å². The fourth-order valence-corrected chi connectivity index (χ4v) is 3.42. The Hall–Kier alpha value is -2.54. The first-order valence-corrected chi connectivity index (χ1v) is 8.34. The van der Waals surface area contributed by atoms with E-state index in [1.165, 1.54) is 11.1 Å². The van der Waals surface area contributed by atoms with Crippen molar-refractivity contribution in [2.75, 3.05) is 0 Å². The van der Waals surface area contributed by atoms with Crippen LogP contribution >= 0.6 is 11.3 Å². The molecule has 0 aromatic carbocycles. The number of esters is 1. The summed E-state index contributed by atoms with van der Waals surface area (Å²) in [6.07, 6.45) is 0.649. The maximum Gasteiger partial charge on any atom is 0.355 e. The first-order chi connectivity index (χ1) is 11.5. The quantitative estimate of drug-likeness (QED) is 0.721. The smallest absolute Gasteiger partial charge is 0.355 e. The molecule has 7 heteroatoms. The Kier molecular flexibility index (Phi) is 4.44. The third-order valence-electron chi connectivity index (χ3n) is 3.73. The molecule has 0 saturated heterocycles. The Morgan fingerprint density at radius 3 is 2.88 bits per heavy atom. The Bertz CT molecular complexity index is 876. The second-order valence-corrected chi connectivity index (χ2v) is 6.83. The molecule has 1 unspecified atom stereocenters. The van der Waals surface area contributed by atoms with Crippen molar-refractivity contribution < 1.29 is 18.7 Å². The number of aromatic nitrogens is 1. The standard InChI is InChI=1S/C17H18N2O4S/c1-10-7-13-15(24-10)8-14(19(13)3)17(21)23-11(2)16(20)18-9-12-5-4-6-22-12/h4-8,11H,9H2,1-3H3,(H,18,20). The van der Waals surface area contributed by atoms with E-state index in [9.17, 15) is 9.59 Å². The molecule has 3 rings (SSSR count). The van der Waals surface area contributed by atoms with Crippen LogP contribution in [0.2, 0.25) is 0 Å². The van der Waals surface area contributed by atoms with Gasteiger partial charge < -0.3 is 19.0 Å². The van der Waals surface area contributed by atoms with Crippen molar-refractivity contribution in [3.8, 4) is 0 Å². The first-order valence-electron chi connectivity index (χ1n) is 7.52. The van der Waals surface area contributed by atoms with Crippen LogP contribution in [0.5, 0.6) is 0 Å². The normalized spacial score (nSPS) is 12.3. The van der Waals surface area contributed by atoms with Gasteiger partial charge in [-0.05, 0) is 38.1 Å². The van der Waals surface area contributed by atoms with Gasteiger partial charge >= 0.3 is 5.97 Å². The number of carbonyl (C=O) groups excluding carboxylic acids is 2. The molecule has 0 saturated carbocycles. The van der Waals surface area contributed by atoms with Gasteiger partial charge in [0.1, 0.15) is 11.5 Å². The summed E-state index contributed by atoms with van der Waals surface area (Å²) in [4.78, 5) is 25.5. The molecule has 3 aromatic rings. The van der Waals surface area contributed by atoms with Gasteiger partial charge in [0, 0.05) is 11.9 Å². The average molecular weight is 346 g/mol. The lowest BCUT2D eigenvalue weighted by molar-refractivity contribution is -0.129. The van der Waals surface area contributed by atoms with Crippen LogP contribution in [0.25, 0.3) is 10.2 Å². The molecule has 3 heterocycles. The number of fused-ring (bicyclic) bond motifs is 1. The van der Waals surface area contributed by atoms with Gasteiger partial charge in [-0.15, -0.1) is 11.3 Å². The lowest BCUT2D eigenvalue weighted by Gasteiger charge is -2.13. The molecule has 1 atom stereocenters. The summed E-state index contributed by atoms with van der Waals surface area (Å²) in [5, 5.41) is 2.67. The highest BCUT2D eigenvalue weighted by atomic mass is 32.1. The number of amides is 1. The van der Waals surface area contributed by atoms with Crippen LogP contribution < -0.4 is 5.32 Å². The van der Waals surface area contributed by atoms with Crippen LogP contribution in [0.15, 0.2) is 34.9 Å². The van der Waals surface area contributed by atoms with Crippen LogP contribution in [-0.4, -0.2) is 22.5 Å². The molecule has 0 fully saturated rings. The summed E-state index contributed by atoms with van der Waals surface area (Å²) in [7, 11) is 1.81. The minimum Gasteiger partial charge on any atom is -0.467 e. The molecule has 0 spiro atoms. The number of carbonyl (C=O) groups is 2. The van der Waals surface area contributed by atoms with E-state index < -0.39 is 12.1 Å². The molecule has 1 N–H and O–H groups in total. The molecular weight excluding hydrogens is 328 g/mol. The predicted octanol–water partition coefficient (Wildman–Crippen LogP) is 3.00. The van der Waals surface area contributed by atoms with Gasteiger partial charge in [-0.1, -0.05) is 0 Å². The molecule has 0 aliphatic rings. The second kappa shape index (κ2) is 6.52. The van der Waals surface area contributed by atoms with Crippen LogP contribution in [0.3, 0.4) is 0 Å². The monoisotopic (exact) mass is 346 g/mol. The number of ether oxygens (including phenoxy) is 1. The average Bonchev–Trinajstić information content (AvgIpc) is 3.23. The van der Waals surface area contributed by atoms with E-state index in [4.69, 9.17) is 9.15 Å². The van der Waals surface area contributed by atoms with Gasteiger partial charge in [-0.2, -0.15) is 0 Å². The number of hydrogen-bond acceptors (Lipinski definition) is 5. The fourth-order valence-electron chi connectivity index (χ4n) is 2.44. The minimum absolute atomic E-state index is 0.257. The topological polar surface area (TPSA) is 73.5 Å². The van der Waals surface area contributed by atoms with E-state index in [-0.39, 0.29) is 12.5 Å². The molecule has 3 aromatic heterocycles. The fraction of sp³-hybridized carbons (Fsp3) is 0.294. The predicted molar refractivity (Wildman–Crippen MR) is 91.0 cm³/mol. The highest BCUT2D eigenvalue weighted by Gasteiger charge is 2.22.